The normalized spacial score (nSPS) is 14.5. The van der Waals surface area contributed by atoms with Gasteiger partial charge in [-0.25, -0.2) is 0 Å². The highest BCUT2D eigenvalue weighted by molar-refractivity contribution is 5.42. The molecule has 0 aliphatic heterocycles. The summed E-state index contributed by atoms with van der Waals surface area (Å²) in [6.07, 6.45) is 0. The van der Waals surface area contributed by atoms with Crippen LogP contribution < -0.4 is 11.5 Å². The van der Waals surface area contributed by atoms with E-state index < -0.39 is 46.7 Å². The maximum atomic E-state index is 14.1. The molecule has 0 heterocycles. The summed E-state index contributed by atoms with van der Waals surface area (Å²) in [7, 11) is 0. The molecular weight excluding hydrogens is 472 g/mol. The fourth-order valence-corrected chi connectivity index (χ4v) is 2.54. The Morgan fingerprint density at radius 2 is 0.594 bits per heavy atom. The van der Waals surface area contributed by atoms with Gasteiger partial charge in [0.05, 0.1) is 0 Å². The van der Waals surface area contributed by atoms with Crippen molar-refractivity contribution in [1.82, 2.24) is 0 Å². The number of hydrogen-bond donors (Lipinski definition) is 2. The number of hydrogen-bond acceptors (Lipinski definition) is 2. The van der Waals surface area contributed by atoms with Crippen LogP contribution in [0, 0.1) is 0 Å². The number of halogens is 12. The van der Waals surface area contributed by atoms with E-state index in [1.807, 2.05) is 0 Å². The summed E-state index contributed by atoms with van der Waals surface area (Å²) < 4.78 is 169. The van der Waals surface area contributed by atoms with Gasteiger partial charge < -0.3 is 11.5 Å². The molecule has 0 saturated heterocycles. The molecule has 2 nitrogen and oxygen atoms in total. The second-order valence-corrected chi connectivity index (χ2v) is 6.69. The number of alkyl halides is 12. The Hall–Kier alpha value is -2.80. The van der Waals surface area contributed by atoms with E-state index in [0.717, 1.165) is 0 Å². The SMILES string of the molecule is Nc1ccc(C(F)(F)C(F)(F)C(F)(F)C(F)(F)C(F)(F)C(F)(F)c2ccc(N)cc2)cc1. The Kier molecular flexibility index (Phi) is 5.87. The van der Waals surface area contributed by atoms with Gasteiger partial charge in [0.2, 0.25) is 0 Å². The lowest BCUT2D eigenvalue weighted by atomic mass is 9.87. The minimum atomic E-state index is -7.66. The molecule has 0 saturated carbocycles. The lowest BCUT2D eigenvalue weighted by Gasteiger charge is -2.41. The minimum absolute atomic E-state index is 0.0542. The third-order valence-electron chi connectivity index (χ3n) is 4.52. The molecule has 0 aliphatic rings. The van der Waals surface area contributed by atoms with E-state index in [2.05, 4.69) is 0 Å². The Labute approximate surface area is 171 Å². The Morgan fingerprint density at radius 1 is 0.375 bits per heavy atom. The molecule has 0 radical (unpaired) electrons. The molecule has 4 N–H and O–H groups in total. The zero-order valence-electron chi connectivity index (χ0n) is 15.3. The van der Waals surface area contributed by atoms with Crippen LogP contribution in [0.3, 0.4) is 0 Å². The van der Waals surface area contributed by atoms with Crippen molar-refractivity contribution in [2.24, 2.45) is 0 Å². The molecule has 0 unspecified atom stereocenters. The topological polar surface area (TPSA) is 52.0 Å². The highest BCUT2D eigenvalue weighted by Crippen LogP contribution is 2.63. The molecule has 178 valence electrons. The van der Waals surface area contributed by atoms with Crippen molar-refractivity contribution in [2.75, 3.05) is 11.5 Å². The Bertz CT molecular complexity index is 873. The van der Waals surface area contributed by atoms with Gasteiger partial charge in [-0.15, -0.1) is 0 Å². The van der Waals surface area contributed by atoms with Crippen LogP contribution in [0.5, 0.6) is 0 Å². The van der Waals surface area contributed by atoms with E-state index in [0.29, 0.717) is 24.3 Å². The summed E-state index contributed by atoms with van der Waals surface area (Å²) in [5.74, 6) is -42.2. The fraction of sp³-hybridized carbons (Fsp3) is 0.333. The van der Waals surface area contributed by atoms with Crippen LogP contribution in [0.25, 0.3) is 0 Å². The van der Waals surface area contributed by atoms with E-state index in [-0.39, 0.29) is 35.6 Å². The van der Waals surface area contributed by atoms with Gasteiger partial charge in [0.25, 0.3) is 0 Å². The quantitative estimate of drug-likeness (QED) is 0.359. The molecule has 0 spiro atoms. The first-order valence-electron chi connectivity index (χ1n) is 8.24. The molecule has 2 aromatic rings. The maximum Gasteiger partial charge on any atom is 0.385 e. The van der Waals surface area contributed by atoms with Crippen molar-refractivity contribution >= 4 is 11.4 Å². The van der Waals surface area contributed by atoms with Gasteiger partial charge in [-0.05, 0) is 24.3 Å². The Morgan fingerprint density at radius 3 is 0.812 bits per heavy atom. The van der Waals surface area contributed by atoms with E-state index >= 15 is 0 Å². The number of benzene rings is 2. The van der Waals surface area contributed by atoms with Crippen molar-refractivity contribution in [3.63, 3.8) is 0 Å². The molecule has 0 aliphatic carbocycles. The third-order valence-corrected chi connectivity index (χ3v) is 4.52. The van der Waals surface area contributed by atoms with E-state index in [1.165, 1.54) is 0 Å². The average Bonchev–Trinajstić information content (AvgIpc) is 2.67. The first-order chi connectivity index (χ1) is 14.2. The molecule has 0 aromatic heterocycles. The Balaban J connectivity index is 2.60. The summed E-state index contributed by atoms with van der Waals surface area (Å²) in [4.78, 5) is 0. The summed E-state index contributed by atoms with van der Waals surface area (Å²) in [5, 5.41) is 0. The lowest BCUT2D eigenvalue weighted by Crippen LogP contribution is -2.69. The zero-order chi connectivity index (χ0) is 25.0. The van der Waals surface area contributed by atoms with Gasteiger partial charge in [0, 0.05) is 22.5 Å². The summed E-state index contributed by atoms with van der Waals surface area (Å²) in [5.41, 5.74) is 5.59. The largest absolute Gasteiger partial charge is 0.399 e. The van der Waals surface area contributed by atoms with Crippen LogP contribution in [0.2, 0.25) is 0 Å². The molecule has 2 aromatic carbocycles. The van der Waals surface area contributed by atoms with Gasteiger partial charge in [-0.3, -0.25) is 0 Å². The van der Waals surface area contributed by atoms with Gasteiger partial charge >= 0.3 is 35.5 Å². The molecule has 2 rings (SSSR count). The van der Waals surface area contributed by atoms with Crippen molar-refractivity contribution < 1.29 is 52.7 Å². The smallest absolute Gasteiger partial charge is 0.385 e. The van der Waals surface area contributed by atoms with Crippen molar-refractivity contribution in [2.45, 2.75) is 35.5 Å². The van der Waals surface area contributed by atoms with E-state index in [1.54, 1.807) is 0 Å². The summed E-state index contributed by atoms with van der Waals surface area (Å²) >= 11 is 0. The highest BCUT2D eigenvalue weighted by Gasteiger charge is 2.90. The molecule has 32 heavy (non-hydrogen) atoms. The van der Waals surface area contributed by atoms with Crippen LogP contribution in [0.1, 0.15) is 11.1 Å². The van der Waals surface area contributed by atoms with Crippen LogP contribution in [0.4, 0.5) is 64.1 Å². The predicted molar refractivity (Wildman–Crippen MR) is 89.3 cm³/mol. The van der Waals surface area contributed by atoms with Crippen LogP contribution in [-0.2, 0) is 11.8 Å². The van der Waals surface area contributed by atoms with Crippen molar-refractivity contribution in [3.05, 3.63) is 59.7 Å². The molecule has 0 atom stereocenters. The molecular formula is C18H12F12N2. The second-order valence-electron chi connectivity index (χ2n) is 6.69. The van der Waals surface area contributed by atoms with Gasteiger partial charge in [-0.2, -0.15) is 52.7 Å². The third kappa shape index (κ3) is 3.39. The predicted octanol–water partition coefficient (Wildman–Crippen LogP) is 6.28. The van der Waals surface area contributed by atoms with Crippen LogP contribution >= 0.6 is 0 Å². The standard InChI is InChI=1S/C18H12F12N2/c19-13(20,9-1-5-11(31)6-2-9)15(23,24)17(27,28)18(29,30)16(25,26)14(21,22)10-3-7-12(32)8-4-10/h1-8H,31-32H2. The maximum absolute atomic E-state index is 14.1. The van der Waals surface area contributed by atoms with Crippen molar-refractivity contribution in [3.8, 4) is 0 Å². The fourth-order valence-electron chi connectivity index (χ4n) is 2.54. The van der Waals surface area contributed by atoms with Gasteiger partial charge in [0.15, 0.2) is 0 Å². The zero-order valence-corrected chi connectivity index (χ0v) is 15.3. The summed E-state index contributed by atoms with van der Waals surface area (Å²) in [6, 6.07) is 2.27. The van der Waals surface area contributed by atoms with E-state index in [4.69, 9.17) is 11.5 Å². The number of rotatable bonds is 7. The van der Waals surface area contributed by atoms with Crippen LogP contribution in [-0.4, -0.2) is 23.7 Å². The number of anilines is 2. The van der Waals surface area contributed by atoms with Crippen molar-refractivity contribution in [1.29, 1.82) is 0 Å². The molecule has 0 amide bonds. The minimum Gasteiger partial charge on any atom is -0.399 e. The average molecular weight is 484 g/mol. The second kappa shape index (κ2) is 7.37. The first-order valence-corrected chi connectivity index (χ1v) is 8.24. The molecule has 0 bridgehead atoms. The van der Waals surface area contributed by atoms with Gasteiger partial charge in [-0.1, -0.05) is 24.3 Å². The summed E-state index contributed by atoms with van der Waals surface area (Å²) in [6.45, 7) is 0. The first kappa shape index (κ1) is 25.5. The lowest BCUT2D eigenvalue weighted by molar-refractivity contribution is -0.429. The highest BCUT2D eigenvalue weighted by atomic mass is 19.4. The van der Waals surface area contributed by atoms with Gasteiger partial charge in [0.1, 0.15) is 0 Å². The van der Waals surface area contributed by atoms with Crippen LogP contribution in [0.15, 0.2) is 48.5 Å². The number of nitrogens with two attached hydrogens (primary N) is 2. The molecule has 0 fully saturated rings. The molecule has 14 heteroatoms. The monoisotopic (exact) mass is 484 g/mol. The van der Waals surface area contributed by atoms with E-state index in [9.17, 15) is 52.7 Å². The number of nitrogen functional groups attached to an aromatic ring is 2.